The molecule has 0 unspecified atom stereocenters. The van der Waals surface area contributed by atoms with Gasteiger partial charge in [0.05, 0.1) is 6.54 Å². The minimum atomic E-state index is 0.494. The van der Waals surface area contributed by atoms with Crippen LogP contribution in [-0.4, -0.2) is 62.1 Å². The van der Waals surface area contributed by atoms with Gasteiger partial charge in [-0.15, -0.1) is 0 Å². The van der Waals surface area contributed by atoms with E-state index in [0.717, 1.165) is 37.9 Å². The Morgan fingerprint density at radius 1 is 1.36 bits per heavy atom. The molecular formula is C17H29N5. The lowest BCUT2D eigenvalue weighted by Crippen LogP contribution is -2.42. The van der Waals surface area contributed by atoms with Gasteiger partial charge in [0.1, 0.15) is 0 Å². The van der Waals surface area contributed by atoms with Crippen LogP contribution in [0.15, 0.2) is 29.3 Å². The van der Waals surface area contributed by atoms with Crippen LogP contribution in [0, 0.1) is 6.92 Å². The monoisotopic (exact) mass is 303 g/mol. The van der Waals surface area contributed by atoms with E-state index < -0.39 is 0 Å². The highest BCUT2D eigenvalue weighted by Crippen LogP contribution is 2.13. The molecule has 1 saturated heterocycles. The third-order valence-corrected chi connectivity index (χ3v) is 4.28. The van der Waals surface area contributed by atoms with Gasteiger partial charge >= 0.3 is 0 Å². The first-order valence-corrected chi connectivity index (χ1v) is 8.07. The van der Waals surface area contributed by atoms with E-state index in [1.807, 2.05) is 12.1 Å². The topological polar surface area (TPSA) is 56.9 Å². The maximum Gasteiger partial charge on any atom is 0.193 e. The molecule has 0 spiro atoms. The first-order valence-electron chi connectivity index (χ1n) is 8.07. The molecule has 1 fully saturated rings. The highest BCUT2D eigenvalue weighted by atomic mass is 15.2. The largest absolute Gasteiger partial charge is 0.370 e. The molecule has 0 aliphatic carbocycles. The standard InChI is InChI=1S/C17H29N5/c1-14-5-4-6-15(13-14)20-17(18)19-9-12-22-10-7-16(8-11-22)21(2)3/h4-6,13,16H,7-12H2,1-3H3,(H3,18,19,20). The fourth-order valence-corrected chi connectivity index (χ4v) is 2.88. The number of aryl methyl sites for hydroxylation is 1. The van der Waals surface area contributed by atoms with E-state index in [2.05, 4.69) is 53.3 Å². The molecule has 0 aromatic heterocycles. The average Bonchev–Trinajstić information content (AvgIpc) is 2.47. The van der Waals surface area contributed by atoms with E-state index in [9.17, 15) is 0 Å². The molecule has 5 nitrogen and oxygen atoms in total. The number of rotatable bonds is 5. The molecule has 1 aliphatic rings. The zero-order valence-electron chi connectivity index (χ0n) is 14.0. The summed E-state index contributed by atoms with van der Waals surface area (Å²) in [6.45, 7) is 6.11. The summed E-state index contributed by atoms with van der Waals surface area (Å²) in [5.74, 6) is 0.494. The van der Waals surface area contributed by atoms with E-state index in [4.69, 9.17) is 5.73 Å². The van der Waals surface area contributed by atoms with Crippen molar-refractivity contribution in [1.82, 2.24) is 9.80 Å². The summed E-state index contributed by atoms with van der Waals surface area (Å²) in [6.07, 6.45) is 2.49. The molecule has 1 aliphatic heterocycles. The minimum Gasteiger partial charge on any atom is -0.370 e. The van der Waals surface area contributed by atoms with Gasteiger partial charge in [-0.1, -0.05) is 12.1 Å². The minimum absolute atomic E-state index is 0.494. The summed E-state index contributed by atoms with van der Waals surface area (Å²) in [6, 6.07) is 8.87. The highest BCUT2D eigenvalue weighted by molar-refractivity contribution is 5.92. The Balaban J connectivity index is 1.71. The molecule has 5 heteroatoms. The summed E-state index contributed by atoms with van der Waals surface area (Å²) >= 11 is 0. The molecular weight excluding hydrogens is 274 g/mol. The smallest absolute Gasteiger partial charge is 0.193 e. The second-order valence-electron chi connectivity index (χ2n) is 6.30. The van der Waals surface area contributed by atoms with Crippen LogP contribution in [0.1, 0.15) is 18.4 Å². The fourth-order valence-electron chi connectivity index (χ4n) is 2.88. The van der Waals surface area contributed by atoms with Crippen molar-refractivity contribution < 1.29 is 0 Å². The Kier molecular flexibility index (Phi) is 6.21. The number of anilines is 1. The van der Waals surface area contributed by atoms with Gasteiger partial charge in [0.2, 0.25) is 0 Å². The van der Waals surface area contributed by atoms with Crippen LogP contribution in [0.25, 0.3) is 0 Å². The Morgan fingerprint density at radius 3 is 2.73 bits per heavy atom. The number of benzene rings is 1. The fraction of sp³-hybridized carbons (Fsp3) is 0.588. The highest BCUT2D eigenvalue weighted by Gasteiger charge is 2.19. The molecule has 0 radical (unpaired) electrons. The van der Waals surface area contributed by atoms with Crippen molar-refractivity contribution in [3.63, 3.8) is 0 Å². The van der Waals surface area contributed by atoms with Gasteiger partial charge in [-0.25, -0.2) is 0 Å². The number of likely N-dealkylation sites (tertiary alicyclic amines) is 1. The molecule has 1 aromatic carbocycles. The van der Waals surface area contributed by atoms with Crippen LogP contribution >= 0.6 is 0 Å². The van der Waals surface area contributed by atoms with E-state index >= 15 is 0 Å². The van der Waals surface area contributed by atoms with Gasteiger partial charge in [-0.05, 0) is 64.6 Å². The second kappa shape index (κ2) is 8.15. The number of nitrogens with one attached hydrogen (secondary N) is 1. The van der Waals surface area contributed by atoms with Crippen molar-refractivity contribution in [3.8, 4) is 0 Å². The number of hydrogen-bond acceptors (Lipinski definition) is 3. The number of aliphatic imine (C=N–C) groups is 1. The van der Waals surface area contributed by atoms with E-state index in [-0.39, 0.29) is 0 Å². The van der Waals surface area contributed by atoms with Gasteiger partial charge < -0.3 is 20.9 Å². The first-order chi connectivity index (χ1) is 10.5. The molecule has 0 amide bonds. The zero-order valence-corrected chi connectivity index (χ0v) is 14.0. The number of nitrogens with two attached hydrogens (primary N) is 1. The van der Waals surface area contributed by atoms with Crippen LogP contribution in [0.2, 0.25) is 0 Å². The average molecular weight is 303 g/mol. The van der Waals surface area contributed by atoms with Crippen LogP contribution in [-0.2, 0) is 0 Å². The Hall–Kier alpha value is -1.59. The Bertz CT molecular complexity index is 490. The van der Waals surface area contributed by atoms with Crippen LogP contribution in [0.3, 0.4) is 0 Å². The van der Waals surface area contributed by atoms with Gasteiger partial charge in [-0.2, -0.15) is 0 Å². The maximum atomic E-state index is 5.95. The number of hydrogen-bond donors (Lipinski definition) is 2. The molecule has 1 heterocycles. The van der Waals surface area contributed by atoms with Gasteiger partial charge in [0.15, 0.2) is 5.96 Å². The van der Waals surface area contributed by atoms with E-state index in [1.54, 1.807) is 0 Å². The van der Waals surface area contributed by atoms with Crippen LogP contribution in [0.4, 0.5) is 5.69 Å². The lowest BCUT2D eigenvalue weighted by Gasteiger charge is -2.34. The lowest BCUT2D eigenvalue weighted by molar-refractivity contribution is 0.148. The predicted octanol–water partition coefficient (Wildman–Crippen LogP) is 1.75. The molecule has 122 valence electrons. The van der Waals surface area contributed by atoms with Gasteiger partial charge in [-0.3, -0.25) is 4.99 Å². The maximum absolute atomic E-state index is 5.95. The third-order valence-electron chi connectivity index (χ3n) is 4.28. The molecule has 0 saturated carbocycles. The predicted molar refractivity (Wildman–Crippen MR) is 94.4 cm³/mol. The molecule has 0 bridgehead atoms. The molecule has 22 heavy (non-hydrogen) atoms. The summed E-state index contributed by atoms with van der Waals surface area (Å²) < 4.78 is 0. The van der Waals surface area contributed by atoms with E-state index in [0.29, 0.717) is 5.96 Å². The molecule has 3 N–H and O–H groups in total. The van der Waals surface area contributed by atoms with Crippen molar-refractivity contribution in [3.05, 3.63) is 29.8 Å². The van der Waals surface area contributed by atoms with E-state index in [1.165, 1.54) is 18.4 Å². The zero-order chi connectivity index (χ0) is 15.9. The van der Waals surface area contributed by atoms with Crippen LogP contribution in [0.5, 0.6) is 0 Å². The summed E-state index contributed by atoms with van der Waals surface area (Å²) in [5, 5.41) is 3.15. The number of nitrogens with zero attached hydrogens (tertiary/aromatic N) is 3. The SMILES string of the molecule is Cc1cccc(NC(N)=NCCN2CCC(N(C)C)CC2)c1. The van der Waals surface area contributed by atoms with Crippen molar-refractivity contribution in [2.24, 2.45) is 10.7 Å². The van der Waals surface area contributed by atoms with Gasteiger partial charge in [0.25, 0.3) is 0 Å². The van der Waals surface area contributed by atoms with Crippen molar-refractivity contribution >= 4 is 11.6 Å². The Labute approximate surface area is 134 Å². The first kappa shape index (κ1) is 16.8. The normalized spacial score (nSPS) is 17.9. The summed E-state index contributed by atoms with van der Waals surface area (Å²) in [7, 11) is 4.34. The summed E-state index contributed by atoms with van der Waals surface area (Å²) in [5.41, 5.74) is 8.15. The number of guanidine groups is 1. The number of piperidine rings is 1. The third kappa shape index (κ3) is 5.31. The van der Waals surface area contributed by atoms with Crippen LogP contribution < -0.4 is 11.1 Å². The van der Waals surface area contributed by atoms with Crippen molar-refractivity contribution in [2.75, 3.05) is 45.6 Å². The molecule has 0 atom stereocenters. The molecule has 2 rings (SSSR count). The Morgan fingerprint density at radius 2 is 2.09 bits per heavy atom. The van der Waals surface area contributed by atoms with Crippen molar-refractivity contribution in [1.29, 1.82) is 0 Å². The quantitative estimate of drug-likeness (QED) is 0.643. The molecule has 1 aromatic rings. The summed E-state index contributed by atoms with van der Waals surface area (Å²) in [4.78, 5) is 9.24. The van der Waals surface area contributed by atoms with Crippen molar-refractivity contribution in [2.45, 2.75) is 25.8 Å². The lowest BCUT2D eigenvalue weighted by atomic mass is 10.0. The van der Waals surface area contributed by atoms with Gasteiger partial charge in [0, 0.05) is 18.3 Å². The second-order valence-corrected chi connectivity index (χ2v) is 6.30.